The van der Waals surface area contributed by atoms with Gasteiger partial charge in [0.2, 0.25) is 10.0 Å². The van der Waals surface area contributed by atoms with Crippen molar-refractivity contribution in [1.82, 2.24) is 9.62 Å². The van der Waals surface area contributed by atoms with Gasteiger partial charge < -0.3 is 5.32 Å². The van der Waals surface area contributed by atoms with Crippen molar-refractivity contribution in [3.05, 3.63) is 34.9 Å². The monoisotopic (exact) mass is 344 g/mol. The second kappa shape index (κ2) is 7.30. The van der Waals surface area contributed by atoms with Crippen LogP contribution in [0.2, 0.25) is 5.02 Å². The summed E-state index contributed by atoms with van der Waals surface area (Å²) >= 11 is 5.99. The minimum absolute atomic E-state index is 0.293. The van der Waals surface area contributed by atoms with Crippen molar-refractivity contribution in [2.75, 3.05) is 13.1 Å². The van der Waals surface area contributed by atoms with E-state index in [0.29, 0.717) is 25.0 Å². The Morgan fingerprint density at radius 2 is 2.14 bits per heavy atom. The van der Waals surface area contributed by atoms with E-state index >= 15 is 0 Å². The highest BCUT2D eigenvalue weighted by atomic mass is 35.5. The van der Waals surface area contributed by atoms with E-state index < -0.39 is 10.0 Å². The first-order valence-electron chi connectivity index (χ1n) is 7.77. The normalized spacial score (nSPS) is 23.9. The Labute approximate surface area is 138 Å². The third kappa shape index (κ3) is 4.22. The minimum Gasteiger partial charge on any atom is -0.310 e. The average molecular weight is 345 g/mol. The summed E-state index contributed by atoms with van der Waals surface area (Å²) in [5.41, 5.74) is 1.15. The van der Waals surface area contributed by atoms with Crippen LogP contribution >= 0.6 is 11.6 Å². The molecular formula is C16H25ClN2O2S. The van der Waals surface area contributed by atoms with Crippen LogP contribution in [-0.2, 0) is 16.6 Å². The minimum atomic E-state index is -3.14. The van der Waals surface area contributed by atoms with Gasteiger partial charge >= 0.3 is 0 Å². The van der Waals surface area contributed by atoms with Gasteiger partial charge in [0, 0.05) is 30.7 Å². The van der Waals surface area contributed by atoms with Crippen LogP contribution in [-0.4, -0.2) is 37.1 Å². The molecule has 4 nitrogen and oxygen atoms in total. The molecule has 1 aliphatic heterocycles. The largest absolute Gasteiger partial charge is 0.310 e. The van der Waals surface area contributed by atoms with E-state index in [-0.39, 0.29) is 5.25 Å². The maximum atomic E-state index is 12.2. The number of nitrogens with zero attached hydrogens (tertiary/aromatic N) is 1. The lowest BCUT2D eigenvalue weighted by atomic mass is 9.95. The van der Waals surface area contributed by atoms with Crippen LogP contribution in [0.15, 0.2) is 24.3 Å². The molecule has 2 rings (SSSR count). The van der Waals surface area contributed by atoms with Gasteiger partial charge in [-0.2, -0.15) is 0 Å². The van der Waals surface area contributed by atoms with Crippen molar-refractivity contribution in [2.45, 2.75) is 45.0 Å². The van der Waals surface area contributed by atoms with Crippen LogP contribution in [0, 0.1) is 5.92 Å². The Morgan fingerprint density at radius 3 is 2.73 bits per heavy atom. The number of benzene rings is 1. The van der Waals surface area contributed by atoms with E-state index in [4.69, 9.17) is 11.6 Å². The highest BCUT2D eigenvalue weighted by Gasteiger charge is 2.33. The second-order valence-electron chi connectivity index (χ2n) is 6.33. The molecule has 0 spiro atoms. The van der Waals surface area contributed by atoms with E-state index in [1.807, 2.05) is 24.3 Å². The fraction of sp³-hybridized carbons (Fsp3) is 0.625. The average Bonchev–Trinajstić information content (AvgIpc) is 2.45. The molecule has 1 aromatic carbocycles. The predicted octanol–water partition coefficient (Wildman–Crippen LogP) is 2.88. The Hall–Kier alpha value is -0.620. The van der Waals surface area contributed by atoms with Gasteiger partial charge in [-0.15, -0.1) is 0 Å². The standard InChI is InChI=1S/C16H25ClN2O2S/c1-12(2)22(20,21)19-8-7-16(13(3)11-19)18-10-14-5-4-6-15(17)9-14/h4-6,9,12-13,16,18H,7-8,10-11H2,1-3H3. The summed E-state index contributed by atoms with van der Waals surface area (Å²) in [4.78, 5) is 0. The van der Waals surface area contributed by atoms with Crippen LogP contribution in [0.4, 0.5) is 0 Å². The molecule has 1 fully saturated rings. The van der Waals surface area contributed by atoms with Gasteiger partial charge in [-0.1, -0.05) is 30.7 Å². The van der Waals surface area contributed by atoms with Crippen LogP contribution in [0.1, 0.15) is 32.8 Å². The fourth-order valence-corrected chi connectivity index (χ4v) is 4.45. The van der Waals surface area contributed by atoms with E-state index in [1.165, 1.54) is 0 Å². The predicted molar refractivity (Wildman–Crippen MR) is 91.5 cm³/mol. The fourth-order valence-electron chi connectivity index (χ4n) is 2.84. The molecule has 1 aliphatic rings. The van der Waals surface area contributed by atoms with Crippen molar-refractivity contribution < 1.29 is 8.42 Å². The molecule has 22 heavy (non-hydrogen) atoms. The molecule has 0 radical (unpaired) electrons. The zero-order chi connectivity index (χ0) is 16.3. The van der Waals surface area contributed by atoms with E-state index in [9.17, 15) is 8.42 Å². The number of halogens is 1. The third-order valence-corrected chi connectivity index (χ3v) is 6.76. The summed E-state index contributed by atoms with van der Waals surface area (Å²) in [6, 6.07) is 8.14. The molecule has 124 valence electrons. The molecule has 0 aliphatic carbocycles. The molecule has 0 aromatic heterocycles. The van der Waals surface area contributed by atoms with Gasteiger partial charge in [0.15, 0.2) is 0 Å². The summed E-state index contributed by atoms with van der Waals surface area (Å²) in [5.74, 6) is 0.293. The molecule has 0 bridgehead atoms. The molecular weight excluding hydrogens is 320 g/mol. The smallest absolute Gasteiger partial charge is 0.216 e. The maximum absolute atomic E-state index is 12.2. The third-order valence-electron chi connectivity index (χ3n) is 4.28. The van der Waals surface area contributed by atoms with Gasteiger partial charge in [-0.3, -0.25) is 0 Å². The van der Waals surface area contributed by atoms with Gasteiger partial charge in [0.25, 0.3) is 0 Å². The lowest BCUT2D eigenvalue weighted by molar-refractivity contribution is 0.218. The molecule has 0 saturated carbocycles. The molecule has 2 unspecified atom stereocenters. The van der Waals surface area contributed by atoms with Gasteiger partial charge in [0.05, 0.1) is 5.25 Å². The summed E-state index contributed by atoms with van der Waals surface area (Å²) in [6.07, 6.45) is 0.841. The summed E-state index contributed by atoms with van der Waals surface area (Å²) < 4.78 is 26.1. The van der Waals surface area contributed by atoms with Crippen molar-refractivity contribution >= 4 is 21.6 Å². The molecule has 1 heterocycles. The lowest BCUT2D eigenvalue weighted by Crippen LogP contribution is -2.51. The Balaban J connectivity index is 1.91. The van der Waals surface area contributed by atoms with E-state index in [1.54, 1.807) is 18.2 Å². The first-order chi connectivity index (χ1) is 10.3. The van der Waals surface area contributed by atoms with Crippen molar-refractivity contribution in [1.29, 1.82) is 0 Å². The summed E-state index contributed by atoms with van der Waals surface area (Å²) in [6.45, 7) is 7.53. The number of nitrogens with one attached hydrogen (secondary N) is 1. The zero-order valence-electron chi connectivity index (χ0n) is 13.4. The van der Waals surface area contributed by atoms with Crippen LogP contribution in [0.25, 0.3) is 0 Å². The van der Waals surface area contributed by atoms with Crippen molar-refractivity contribution in [2.24, 2.45) is 5.92 Å². The first kappa shape index (κ1) is 17.7. The van der Waals surface area contributed by atoms with E-state index in [0.717, 1.165) is 23.6 Å². The first-order valence-corrected chi connectivity index (χ1v) is 9.65. The second-order valence-corrected chi connectivity index (χ2v) is 9.26. The SMILES string of the molecule is CC1CN(S(=O)(=O)C(C)C)CCC1NCc1cccc(Cl)c1. The lowest BCUT2D eigenvalue weighted by Gasteiger charge is -2.37. The number of rotatable bonds is 5. The number of hydrogen-bond donors (Lipinski definition) is 1. The van der Waals surface area contributed by atoms with Crippen LogP contribution in [0.3, 0.4) is 0 Å². The highest BCUT2D eigenvalue weighted by Crippen LogP contribution is 2.22. The number of sulfonamides is 1. The molecule has 1 saturated heterocycles. The zero-order valence-corrected chi connectivity index (χ0v) is 15.0. The van der Waals surface area contributed by atoms with Crippen molar-refractivity contribution in [3.63, 3.8) is 0 Å². The van der Waals surface area contributed by atoms with Gasteiger partial charge in [-0.25, -0.2) is 12.7 Å². The number of hydrogen-bond acceptors (Lipinski definition) is 3. The topological polar surface area (TPSA) is 49.4 Å². The summed E-state index contributed by atoms with van der Waals surface area (Å²) in [7, 11) is -3.14. The van der Waals surface area contributed by atoms with Gasteiger partial charge in [-0.05, 0) is 43.9 Å². The van der Waals surface area contributed by atoms with Crippen LogP contribution in [0.5, 0.6) is 0 Å². The highest BCUT2D eigenvalue weighted by molar-refractivity contribution is 7.89. The maximum Gasteiger partial charge on any atom is 0.216 e. The molecule has 1 N–H and O–H groups in total. The number of piperidine rings is 1. The summed E-state index contributed by atoms with van der Waals surface area (Å²) in [5, 5.41) is 3.93. The molecule has 1 aromatic rings. The van der Waals surface area contributed by atoms with Crippen LogP contribution < -0.4 is 5.32 Å². The quantitative estimate of drug-likeness (QED) is 0.893. The van der Waals surface area contributed by atoms with Gasteiger partial charge in [0.1, 0.15) is 0 Å². The molecule has 6 heteroatoms. The Bertz CT molecular complexity index is 604. The Kier molecular flexibility index (Phi) is 5.88. The van der Waals surface area contributed by atoms with Crippen molar-refractivity contribution in [3.8, 4) is 0 Å². The Morgan fingerprint density at radius 1 is 1.41 bits per heavy atom. The van der Waals surface area contributed by atoms with E-state index in [2.05, 4.69) is 12.2 Å². The molecule has 2 atom stereocenters. The molecule has 0 amide bonds.